The summed E-state index contributed by atoms with van der Waals surface area (Å²) in [5.41, 5.74) is -0.506. The number of pyridine rings is 1. The molecule has 7 nitrogen and oxygen atoms in total. The first-order chi connectivity index (χ1) is 17.3. The van der Waals surface area contributed by atoms with Crippen LogP contribution in [0, 0.1) is 0 Å². The molecule has 0 aliphatic carbocycles. The van der Waals surface area contributed by atoms with Gasteiger partial charge in [-0.1, -0.05) is 23.7 Å². The highest BCUT2D eigenvalue weighted by Gasteiger charge is 2.42. The Labute approximate surface area is 207 Å². The van der Waals surface area contributed by atoms with E-state index < -0.39 is 29.1 Å². The van der Waals surface area contributed by atoms with Crippen LogP contribution in [0.4, 0.5) is 13.2 Å². The van der Waals surface area contributed by atoms with Crippen LogP contribution in [0.1, 0.15) is 27.5 Å². The lowest BCUT2D eigenvalue weighted by Gasteiger charge is -2.14. The van der Waals surface area contributed by atoms with E-state index in [1.54, 1.807) is 36.4 Å². The molecule has 0 atom stereocenters. The molecule has 0 aliphatic heterocycles. The minimum absolute atomic E-state index is 0.0169. The number of nitrogens with zero attached hydrogens (tertiary/aromatic N) is 4. The van der Waals surface area contributed by atoms with E-state index in [9.17, 15) is 18.0 Å². The first-order valence-corrected chi connectivity index (χ1v) is 10.9. The number of hydrogen-bond donors (Lipinski definition) is 0. The van der Waals surface area contributed by atoms with Crippen molar-refractivity contribution in [1.82, 2.24) is 19.7 Å². The number of ether oxygens (including phenoxy) is 1. The highest BCUT2D eigenvalue weighted by Crippen LogP contribution is 2.41. The Morgan fingerprint density at radius 1 is 1.06 bits per heavy atom. The van der Waals surface area contributed by atoms with E-state index >= 15 is 0 Å². The second kappa shape index (κ2) is 9.12. The van der Waals surface area contributed by atoms with Gasteiger partial charge in [-0.2, -0.15) is 13.2 Å². The molecule has 182 valence electrons. The Balaban J connectivity index is 1.71. The predicted molar refractivity (Wildman–Crippen MR) is 125 cm³/mol. The van der Waals surface area contributed by atoms with Gasteiger partial charge in [0, 0.05) is 40.4 Å². The van der Waals surface area contributed by atoms with Crippen LogP contribution in [0.5, 0.6) is 5.75 Å². The average molecular weight is 513 g/mol. The maximum absolute atomic E-state index is 14.5. The third-order valence-corrected chi connectivity index (χ3v) is 5.82. The quantitative estimate of drug-likeness (QED) is 0.258. The van der Waals surface area contributed by atoms with Crippen LogP contribution >= 0.6 is 11.6 Å². The lowest BCUT2D eigenvalue weighted by molar-refractivity contribution is -0.143. The molecule has 0 saturated heterocycles. The minimum atomic E-state index is -4.88. The summed E-state index contributed by atoms with van der Waals surface area (Å²) in [6.45, 7) is -0.159. The number of alkyl halides is 3. The van der Waals surface area contributed by atoms with Gasteiger partial charge in [-0.15, -0.1) is 10.2 Å². The van der Waals surface area contributed by atoms with E-state index in [4.69, 9.17) is 20.8 Å². The van der Waals surface area contributed by atoms with Crippen LogP contribution < -0.4 is 4.74 Å². The molecule has 0 spiro atoms. The number of methoxy groups -OCH3 is 1. The number of hydrogen-bond acceptors (Lipinski definition) is 6. The SMILES string of the molecule is COc1ccc2c(c1)c(C(=O)c1nnc(-c3ccncc3)o1)c(C(F)(F)F)n2Cc1ccc(Cl)cc1. The van der Waals surface area contributed by atoms with Crippen molar-refractivity contribution in [2.24, 2.45) is 0 Å². The lowest BCUT2D eigenvalue weighted by atomic mass is 10.1. The first kappa shape index (κ1) is 23.6. The van der Waals surface area contributed by atoms with E-state index in [0.29, 0.717) is 16.1 Å². The third kappa shape index (κ3) is 4.31. The second-order valence-corrected chi connectivity index (χ2v) is 8.23. The van der Waals surface area contributed by atoms with Crippen molar-refractivity contribution < 1.29 is 27.1 Å². The van der Waals surface area contributed by atoms with Gasteiger partial charge in [0.05, 0.1) is 12.7 Å². The molecule has 0 aliphatic rings. The van der Waals surface area contributed by atoms with Crippen molar-refractivity contribution in [3.8, 4) is 17.2 Å². The van der Waals surface area contributed by atoms with Crippen molar-refractivity contribution in [1.29, 1.82) is 0 Å². The molecule has 0 fully saturated rings. The van der Waals surface area contributed by atoms with Crippen LogP contribution in [0.25, 0.3) is 22.4 Å². The third-order valence-electron chi connectivity index (χ3n) is 5.57. The molecule has 3 aromatic heterocycles. The molecule has 0 radical (unpaired) electrons. The van der Waals surface area contributed by atoms with Crippen LogP contribution in [0.2, 0.25) is 5.02 Å². The molecule has 5 rings (SSSR count). The zero-order valence-corrected chi connectivity index (χ0v) is 19.3. The molecule has 11 heteroatoms. The first-order valence-electron chi connectivity index (χ1n) is 10.6. The van der Waals surface area contributed by atoms with Crippen LogP contribution in [0.15, 0.2) is 71.4 Å². The van der Waals surface area contributed by atoms with E-state index in [1.807, 2.05) is 0 Å². The van der Waals surface area contributed by atoms with Crippen LogP contribution in [0.3, 0.4) is 0 Å². The molecular weight excluding hydrogens is 497 g/mol. The maximum atomic E-state index is 14.5. The number of carbonyl (C=O) groups is 1. The Morgan fingerprint density at radius 2 is 1.78 bits per heavy atom. The molecular formula is C25H16ClF3N4O3. The van der Waals surface area contributed by atoms with E-state index in [-0.39, 0.29) is 29.1 Å². The number of benzene rings is 2. The Hall–Kier alpha value is -4.18. The molecule has 0 N–H and O–H groups in total. The van der Waals surface area contributed by atoms with E-state index in [0.717, 1.165) is 4.57 Å². The normalized spacial score (nSPS) is 11.7. The van der Waals surface area contributed by atoms with Gasteiger partial charge in [0.25, 0.3) is 11.7 Å². The summed E-state index contributed by atoms with van der Waals surface area (Å²) in [6, 6.07) is 14.0. The standard InChI is InChI=1S/C25H16ClF3N4O3/c1-35-17-6-7-19-18(12-17)20(21(34)24-32-31-23(36-24)15-8-10-30-11-9-15)22(25(27,28)29)33(19)13-14-2-4-16(26)5-3-14/h2-12H,13H2,1H3. The number of fused-ring (bicyclic) bond motifs is 1. The summed E-state index contributed by atoms with van der Waals surface area (Å²) in [5.74, 6) is -1.35. The summed E-state index contributed by atoms with van der Waals surface area (Å²) in [4.78, 5) is 17.4. The summed E-state index contributed by atoms with van der Waals surface area (Å²) in [7, 11) is 1.39. The second-order valence-electron chi connectivity index (χ2n) is 7.79. The number of halogens is 4. The Morgan fingerprint density at radius 3 is 2.44 bits per heavy atom. The molecule has 0 saturated carbocycles. The van der Waals surface area contributed by atoms with Gasteiger partial charge < -0.3 is 13.7 Å². The van der Waals surface area contributed by atoms with Gasteiger partial charge >= 0.3 is 6.18 Å². The lowest BCUT2D eigenvalue weighted by Crippen LogP contribution is -2.19. The smallest absolute Gasteiger partial charge is 0.432 e. The highest BCUT2D eigenvalue weighted by atomic mass is 35.5. The van der Waals surface area contributed by atoms with Crippen LogP contribution in [-0.4, -0.2) is 32.6 Å². The molecule has 3 heterocycles. The van der Waals surface area contributed by atoms with Crippen molar-refractivity contribution in [3.63, 3.8) is 0 Å². The molecule has 2 aromatic carbocycles. The molecule has 0 amide bonds. The number of rotatable bonds is 6. The Kier molecular flexibility index (Phi) is 5.97. The number of ketones is 1. The monoisotopic (exact) mass is 512 g/mol. The van der Waals surface area contributed by atoms with Gasteiger partial charge in [0.1, 0.15) is 11.4 Å². The van der Waals surface area contributed by atoms with Gasteiger partial charge in [0.15, 0.2) is 0 Å². The van der Waals surface area contributed by atoms with Gasteiger partial charge in [-0.25, -0.2) is 0 Å². The largest absolute Gasteiger partial charge is 0.497 e. The fourth-order valence-corrected chi connectivity index (χ4v) is 4.08. The summed E-state index contributed by atoms with van der Waals surface area (Å²) < 4.78 is 55.4. The molecule has 36 heavy (non-hydrogen) atoms. The predicted octanol–water partition coefficient (Wildman–Crippen LogP) is 6.05. The van der Waals surface area contributed by atoms with Gasteiger partial charge in [-0.3, -0.25) is 9.78 Å². The number of aromatic nitrogens is 4. The number of carbonyl (C=O) groups excluding carboxylic acids is 1. The van der Waals surface area contributed by atoms with Gasteiger partial charge in [0.2, 0.25) is 5.89 Å². The fourth-order valence-electron chi connectivity index (χ4n) is 3.96. The van der Waals surface area contributed by atoms with Crippen LogP contribution in [-0.2, 0) is 12.7 Å². The van der Waals surface area contributed by atoms with Crippen molar-refractivity contribution in [2.45, 2.75) is 12.7 Å². The maximum Gasteiger partial charge on any atom is 0.432 e. The van der Waals surface area contributed by atoms with E-state index in [2.05, 4.69) is 15.2 Å². The molecule has 5 aromatic rings. The average Bonchev–Trinajstić information content (AvgIpc) is 3.49. The summed E-state index contributed by atoms with van der Waals surface area (Å²) in [6.07, 6.45) is -1.91. The summed E-state index contributed by atoms with van der Waals surface area (Å²) >= 11 is 5.93. The fraction of sp³-hybridized carbons (Fsp3) is 0.120. The topological polar surface area (TPSA) is 83.0 Å². The zero-order valence-electron chi connectivity index (χ0n) is 18.6. The Bertz CT molecular complexity index is 1560. The zero-order chi connectivity index (χ0) is 25.4. The van der Waals surface area contributed by atoms with Gasteiger partial charge in [-0.05, 0) is 48.0 Å². The molecule has 0 bridgehead atoms. The minimum Gasteiger partial charge on any atom is -0.497 e. The highest BCUT2D eigenvalue weighted by molar-refractivity contribution is 6.30. The van der Waals surface area contributed by atoms with Crippen molar-refractivity contribution in [3.05, 3.63) is 94.7 Å². The summed E-state index contributed by atoms with van der Waals surface area (Å²) in [5, 5.41) is 8.06. The van der Waals surface area contributed by atoms with Crippen molar-refractivity contribution >= 4 is 28.3 Å². The molecule has 0 unspecified atom stereocenters. The van der Waals surface area contributed by atoms with Crippen molar-refractivity contribution in [2.75, 3.05) is 7.11 Å². The van der Waals surface area contributed by atoms with E-state index in [1.165, 1.54) is 37.7 Å².